The summed E-state index contributed by atoms with van der Waals surface area (Å²) in [5.74, 6) is 0.0445. The number of sulfonamides is 1. The monoisotopic (exact) mass is 460 g/mol. The topological polar surface area (TPSA) is 89.7 Å². The van der Waals surface area contributed by atoms with E-state index in [1.165, 1.54) is 24.3 Å². The summed E-state index contributed by atoms with van der Waals surface area (Å²) < 4.78 is 42.3. The fourth-order valence-electron chi connectivity index (χ4n) is 3.57. The van der Waals surface area contributed by atoms with Gasteiger partial charge in [-0.2, -0.15) is 0 Å². The standard InChI is InChI=1S/C22H18ClFN2O4S/c23-15-4-9-20(21(11-15)30-18-3-1-2-16(24)12-18)14-10-22(27)26(13-14)17-5-7-19(8-6-17)31(25,28)29/h1-9,11-12,14H,10,13H2,(H2,25,28,29). The quantitative estimate of drug-likeness (QED) is 0.609. The van der Waals surface area contributed by atoms with Crippen LogP contribution < -0.4 is 14.8 Å². The molecule has 1 aliphatic heterocycles. The van der Waals surface area contributed by atoms with Gasteiger partial charge in [-0.25, -0.2) is 17.9 Å². The minimum absolute atomic E-state index is 0.0251. The maximum absolute atomic E-state index is 13.5. The van der Waals surface area contributed by atoms with Gasteiger partial charge < -0.3 is 9.64 Å². The van der Waals surface area contributed by atoms with Crippen molar-refractivity contribution in [3.8, 4) is 11.5 Å². The highest BCUT2D eigenvalue weighted by molar-refractivity contribution is 7.89. The molecule has 1 saturated heterocycles. The van der Waals surface area contributed by atoms with Gasteiger partial charge in [0, 0.05) is 41.2 Å². The zero-order valence-corrected chi connectivity index (χ0v) is 17.7. The van der Waals surface area contributed by atoms with E-state index in [1.54, 1.807) is 47.4 Å². The lowest BCUT2D eigenvalue weighted by atomic mass is 9.97. The highest BCUT2D eigenvalue weighted by Gasteiger charge is 2.33. The summed E-state index contributed by atoms with van der Waals surface area (Å²) >= 11 is 6.14. The minimum Gasteiger partial charge on any atom is -0.457 e. The number of rotatable bonds is 5. The van der Waals surface area contributed by atoms with Crippen LogP contribution in [0.2, 0.25) is 5.02 Å². The molecule has 0 aromatic heterocycles. The Morgan fingerprint density at radius 1 is 1.06 bits per heavy atom. The average Bonchev–Trinajstić information content (AvgIpc) is 3.09. The molecule has 0 aliphatic carbocycles. The van der Waals surface area contributed by atoms with Crippen molar-refractivity contribution in [1.82, 2.24) is 0 Å². The summed E-state index contributed by atoms with van der Waals surface area (Å²) in [5.41, 5.74) is 1.34. The molecule has 0 saturated carbocycles. The number of amides is 1. The van der Waals surface area contributed by atoms with Crippen LogP contribution in [-0.2, 0) is 14.8 Å². The first-order valence-corrected chi connectivity index (χ1v) is 11.3. The largest absolute Gasteiger partial charge is 0.457 e. The van der Waals surface area contributed by atoms with E-state index in [0.717, 1.165) is 5.56 Å². The van der Waals surface area contributed by atoms with Gasteiger partial charge in [0.1, 0.15) is 17.3 Å². The Hall–Kier alpha value is -2.94. The first kappa shape index (κ1) is 21.3. The van der Waals surface area contributed by atoms with Gasteiger partial charge in [0.25, 0.3) is 0 Å². The molecule has 160 valence electrons. The van der Waals surface area contributed by atoms with E-state index in [4.69, 9.17) is 21.5 Å². The van der Waals surface area contributed by atoms with Crippen molar-refractivity contribution in [3.05, 3.63) is 83.1 Å². The first-order valence-electron chi connectivity index (χ1n) is 9.37. The van der Waals surface area contributed by atoms with Gasteiger partial charge >= 0.3 is 0 Å². The molecular formula is C22H18ClFN2O4S. The molecule has 6 nitrogen and oxygen atoms in total. The molecule has 31 heavy (non-hydrogen) atoms. The van der Waals surface area contributed by atoms with Crippen LogP contribution in [0.25, 0.3) is 0 Å². The molecule has 1 aliphatic rings. The number of nitrogens with zero attached hydrogens (tertiary/aromatic N) is 1. The second-order valence-corrected chi connectivity index (χ2v) is 9.18. The third-order valence-electron chi connectivity index (χ3n) is 5.04. The Kier molecular flexibility index (Phi) is 5.70. The van der Waals surface area contributed by atoms with Crippen LogP contribution in [-0.4, -0.2) is 20.9 Å². The number of anilines is 1. The molecule has 4 rings (SSSR count). The van der Waals surface area contributed by atoms with E-state index < -0.39 is 15.8 Å². The highest BCUT2D eigenvalue weighted by Crippen LogP contribution is 2.39. The Morgan fingerprint density at radius 3 is 2.48 bits per heavy atom. The second kappa shape index (κ2) is 8.30. The molecule has 3 aromatic carbocycles. The molecule has 2 N–H and O–H groups in total. The van der Waals surface area contributed by atoms with Crippen LogP contribution in [0.4, 0.5) is 10.1 Å². The number of hydrogen-bond acceptors (Lipinski definition) is 4. The molecule has 1 heterocycles. The molecule has 0 radical (unpaired) electrons. The van der Waals surface area contributed by atoms with Crippen molar-refractivity contribution in [3.63, 3.8) is 0 Å². The third-order valence-corrected chi connectivity index (χ3v) is 6.21. The summed E-state index contributed by atoms with van der Waals surface area (Å²) in [6.45, 7) is 0.370. The average molecular weight is 461 g/mol. The number of nitrogens with two attached hydrogens (primary N) is 1. The number of carbonyl (C=O) groups excluding carboxylic acids is 1. The van der Waals surface area contributed by atoms with Gasteiger partial charge in [-0.05, 0) is 48.5 Å². The zero-order chi connectivity index (χ0) is 22.2. The molecule has 1 unspecified atom stereocenters. The van der Waals surface area contributed by atoms with E-state index in [-0.39, 0.29) is 23.1 Å². The van der Waals surface area contributed by atoms with Gasteiger partial charge in [0.05, 0.1) is 4.90 Å². The summed E-state index contributed by atoms with van der Waals surface area (Å²) in [6, 6.07) is 16.7. The van der Waals surface area contributed by atoms with Crippen LogP contribution in [0.3, 0.4) is 0 Å². The summed E-state index contributed by atoms with van der Waals surface area (Å²) in [7, 11) is -3.81. The maximum Gasteiger partial charge on any atom is 0.238 e. The van der Waals surface area contributed by atoms with Crippen LogP contribution in [0, 0.1) is 5.82 Å². The smallest absolute Gasteiger partial charge is 0.238 e. The number of halogens is 2. The van der Waals surface area contributed by atoms with Crippen LogP contribution in [0.1, 0.15) is 17.9 Å². The van der Waals surface area contributed by atoms with Crippen molar-refractivity contribution >= 4 is 33.2 Å². The van der Waals surface area contributed by atoms with Crippen molar-refractivity contribution < 1.29 is 22.3 Å². The van der Waals surface area contributed by atoms with Crippen LogP contribution in [0.15, 0.2) is 71.6 Å². The highest BCUT2D eigenvalue weighted by atomic mass is 35.5. The lowest BCUT2D eigenvalue weighted by Crippen LogP contribution is -2.24. The van der Waals surface area contributed by atoms with Crippen LogP contribution in [0.5, 0.6) is 11.5 Å². The molecule has 1 amide bonds. The Bertz CT molecular complexity index is 1250. The first-order chi connectivity index (χ1) is 14.7. The van der Waals surface area contributed by atoms with Crippen molar-refractivity contribution in [2.45, 2.75) is 17.2 Å². The Morgan fingerprint density at radius 2 is 1.81 bits per heavy atom. The van der Waals surface area contributed by atoms with Crippen molar-refractivity contribution in [2.24, 2.45) is 5.14 Å². The number of carbonyl (C=O) groups is 1. The fraction of sp³-hybridized carbons (Fsp3) is 0.136. The van der Waals surface area contributed by atoms with E-state index in [9.17, 15) is 17.6 Å². The molecule has 1 atom stereocenters. The predicted molar refractivity (Wildman–Crippen MR) is 115 cm³/mol. The van der Waals surface area contributed by atoms with Gasteiger partial charge in [0.2, 0.25) is 15.9 Å². The van der Waals surface area contributed by atoms with Crippen molar-refractivity contribution in [1.29, 1.82) is 0 Å². The molecule has 9 heteroatoms. The maximum atomic E-state index is 13.5. The summed E-state index contributed by atoms with van der Waals surface area (Å²) in [5, 5.41) is 5.58. The third kappa shape index (κ3) is 4.71. The SMILES string of the molecule is NS(=O)(=O)c1ccc(N2CC(c3ccc(Cl)cc3Oc3cccc(F)c3)CC2=O)cc1. The zero-order valence-electron chi connectivity index (χ0n) is 16.2. The fourth-order valence-corrected chi connectivity index (χ4v) is 4.25. The number of hydrogen-bond donors (Lipinski definition) is 1. The lowest BCUT2D eigenvalue weighted by Gasteiger charge is -2.19. The molecule has 3 aromatic rings. The summed E-state index contributed by atoms with van der Waals surface area (Å²) in [4.78, 5) is 14.2. The van der Waals surface area contributed by atoms with Gasteiger partial charge in [-0.3, -0.25) is 4.79 Å². The van der Waals surface area contributed by atoms with Gasteiger partial charge in [-0.15, -0.1) is 0 Å². The van der Waals surface area contributed by atoms with E-state index in [2.05, 4.69) is 0 Å². The predicted octanol–water partition coefficient (Wildman–Crippen LogP) is 4.44. The lowest BCUT2D eigenvalue weighted by molar-refractivity contribution is -0.117. The molecular weight excluding hydrogens is 443 g/mol. The van der Waals surface area contributed by atoms with E-state index in [0.29, 0.717) is 28.8 Å². The van der Waals surface area contributed by atoms with Crippen molar-refractivity contribution in [2.75, 3.05) is 11.4 Å². The molecule has 0 spiro atoms. The van der Waals surface area contributed by atoms with Gasteiger partial charge in [0.15, 0.2) is 0 Å². The Labute approximate surface area is 184 Å². The van der Waals surface area contributed by atoms with Crippen LogP contribution >= 0.6 is 11.6 Å². The van der Waals surface area contributed by atoms with Gasteiger partial charge in [-0.1, -0.05) is 23.7 Å². The normalized spacial score (nSPS) is 16.5. The minimum atomic E-state index is -3.81. The Balaban J connectivity index is 1.60. The van der Waals surface area contributed by atoms with E-state index in [1.807, 2.05) is 0 Å². The van der Waals surface area contributed by atoms with E-state index >= 15 is 0 Å². The summed E-state index contributed by atoms with van der Waals surface area (Å²) in [6.07, 6.45) is 0.234. The number of ether oxygens (including phenoxy) is 1. The molecule has 0 bridgehead atoms. The number of primary sulfonamides is 1. The second-order valence-electron chi connectivity index (χ2n) is 7.19. The molecule has 1 fully saturated rings. The number of benzene rings is 3.